The number of benzene rings is 1. The molecule has 0 spiro atoms. The van der Waals surface area contributed by atoms with Crippen molar-refractivity contribution in [1.82, 2.24) is 0 Å². The monoisotopic (exact) mass is 298 g/mol. The maximum atomic E-state index is 12.7. The Bertz CT molecular complexity index is 606. The minimum absolute atomic E-state index is 0.0182. The zero-order valence-electron chi connectivity index (χ0n) is 13.5. The van der Waals surface area contributed by atoms with Gasteiger partial charge >= 0.3 is 0 Å². The van der Waals surface area contributed by atoms with Crippen LogP contribution in [0.1, 0.15) is 68.9 Å². The summed E-state index contributed by atoms with van der Waals surface area (Å²) in [4.78, 5) is 12.7. The second-order valence-electron chi connectivity index (χ2n) is 7.71. The molecule has 0 heterocycles. The summed E-state index contributed by atoms with van der Waals surface area (Å²) in [6.45, 7) is 2.22. The lowest BCUT2D eigenvalue weighted by Crippen LogP contribution is -2.44. The van der Waals surface area contributed by atoms with Crippen molar-refractivity contribution in [2.45, 2.75) is 64.2 Å². The van der Waals surface area contributed by atoms with Crippen LogP contribution < -0.4 is 0 Å². The maximum Gasteiger partial charge on any atom is 0.139 e. The van der Waals surface area contributed by atoms with Gasteiger partial charge in [0.15, 0.2) is 0 Å². The van der Waals surface area contributed by atoms with Crippen LogP contribution in [-0.4, -0.2) is 10.9 Å². The van der Waals surface area contributed by atoms with Crippen LogP contribution in [0.3, 0.4) is 0 Å². The fourth-order valence-corrected chi connectivity index (χ4v) is 6.05. The summed E-state index contributed by atoms with van der Waals surface area (Å²) in [5, 5.41) is 9.74. The number of Topliss-reactive ketones (excluding diaryl/α,β-unsaturated/α-hetero) is 1. The first kappa shape index (κ1) is 14.3. The average molecular weight is 298 g/mol. The van der Waals surface area contributed by atoms with Crippen molar-refractivity contribution < 1.29 is 9.90 Å². The summed E-state index contributed by atoms with van der Waals surface area (Å²) < 4.78 is 0. The highest BCUT2D eigenvalue weighted by Gasteiger charge is 2.56. The van der Waals surface area contributed by atoms with Crippen LogP contribution in [0, 0.1) is 17.3 Å². The highest BCUT2D eigenvalue weighted by atomic mass is 16.3. The highest BCUT2D eigenvalue weighted by Crippen LogP contribution is 2.61. The molecule has 0 amide bonds. The molecule has 22 heavy (non-hydrogen) atoms. The topological polar surface area (TPSA) is 37.3 Å². The fraction of sp³-hybridized carbons (Fsp3) is 0.650. The molecule has 2 fully saturated rings. The predicted molar refractivity (Wildman–Crippen MR) is 87.0 cm³/mol. The van der Waals surface area contributed by atoms with E-state index < -0.39 is 0 Å². The molecule has 118 valence electrons. The fourth-order valence-electron chi connectivity index (χ4n) is 6.05. The minimum atomic E-state index is 0.0182. The third kappa shape index (κ3) is 1.89. The molecule has 3 aliphatic rings. The van der Waals surface area contributed by atoms with E-state index >= 15 is 0 Å². The van der Waals surface area contributed by atoms with Crippen molar-refractivity contribution in [2.75, 3.05) is 0 Å². The van der Waals surface area contributed by atoms with Crippen molar-refractivity contribution in [2.24, 2.45) is 17.3 Å². The first-order chi connectivity index (χ1) is 10.7. The van der Waals surface area contributed by atoms with E-state index in [4.69, 9.17) is 0 Å². The molecule has 0 aliphatic heterocycles. The number of ketones is 1. The summed E-state index contributed by atoms with van der Waals surface area (Å²) in [5.41, 5.74) is 2.82. The average Bonchev–Trinajstić information content (AvgIpc) is 2.84. The molecule has 0 radical (unpaired) electrons. The van der Waals surface area contributed by atoms with Gasteiger partial charge in [0.25, 0.3) is 0 Å². The number of hydrogen-bond donors (Lipinski definition) is 1. The van der Waals surface area contributed by atoms with Crippen LogP contribution in [0.2, 0.25) is 0 Å². The standard InChI is InChI=1S/C20H26O2/c1-2-10-20-11-9-16-15-6-4-14(21)12-13(15)3-5-17(16)18(20)7-8-19(20)22/h4,6,12,16-18,21H,2-3,5,7-11H2,1H3. The predicted octanol–water partition coefficient (Wildman–Crippen LogP) is 4.60. The molecule has 2 saturated carbocycles. The molecule has 0 saturated heterocycles. The largest absolute Gasteiger partial charge is 0.508 e. The van der Waals surface area contributed by atoms with Gasteiger partial charge in [-0.1, -0.05) is 19.4 Å². The number of carbonyl (C=O) groups is 1. The molecule has 0 aromatic heterocycles. The lowest BCUT2D eigenvalue weighted by atomic mass is 9.54. The molecule has 1 N–H and O–H groups in total. The zero-order chi connectivity index (χ0) is 15.3. The van der Waals surface area contributed by atoms with Crippen molar-refractivity contribution in [3.05, 3.63) is 29.3 Å². The quantitative estimate of drug-likeness (QED) is 0.866. The molecule has 4 rings (SSSR count). The minimum Gasteiger partial charge on any atom is -0.508 e. The Morgan fingerprint density at radius 2 is 2.09 bits per heavy atom. The number of aromatic hydroxyl groups is 1. The van der Waals surface area contributed by atoms with Crippen LogP contribution in [0.15, 0.2) is 18.2 Å². The summed E-state index contributed by atoms with van der Waals surface area (Å²) >= 11 is 0. The summed E-state index contributed by atoms with van der Waals surface area (Å²) in [5.74, 6) is 2.87. The second-order valence-corrected chi connectivity index (χ2v) is 7.71. The van der Waals surface area contributed by atoms with E-state index in [9.17, 15) is 9.90 Å². The second kappa shape index (κ2) is 5.11. The summed E-state index contributed by atoms with van der Waals surface area (Å²) in [6, 6.07) is 5.94. The van der Waals surface area contributed by atoms with Gasteiger partial charge < -0.3 is 5.11 Å². The van der Waals surface area contributed by atoms with Gasteiger partial charge in [0.2, 0.25) is 0 Å². The van der Waals surface area contributed by atoms with E-state index in [-0.39, 0.29) is 5.41 Å². The zero-order valence-corrected chi connectivity index (χ0v) is 13.5. The Labute approximate surface area is 132 Å². The van der Waals surface area contributed by atoms with Crippen molar-refractivity contribution in [1.29, 1.82) is 0 Å². The Kier molecular flexibility index (Phi) is 3.32. The van der Waals surface area contributed by atoms with Gasteiger partial charge in [-0.3, -0.25) is 4.79 Å². The van der Waals surface area contributed by atoms with Crippen LogP contribution in [0.4, 0.5) is 0 Å². The highest BCUT2D eigenvalue weighted by molar-refractivity contribution is 5.87. The van der Waals surface area contributed by atoms with Gasteiger partial charge in [-0.05, 0) is 79.5 Å². The van der Waals surface area contributed by atoms with E-state index in [1.165, 1.54) is 17.5 Å². The number of carbonyl (C=O) groups excluding carboxylic acids is 1. The van der Waals surface area contributed by atoms with E-state index in [0.717, 1.165) is 44.9 Å². The van der Waals surface area contributed by atoms with Crippen molar-refractivity contribution in [3.8, 4) is 5.75 Å². The molecule has 0 bridgehead atoms. The lowest BCUT2D eigenvalue weighted by molar-refractivity contribution is -0.131. The van der Waals surface area contributed by atoms with Gasteiger partial charge in [-0.15, -0.1) is 0 Å². The molecular weight excluding hydrogens is 272 g/mol. The molecule has 1 aromatic rings. The lowest BCUT2D eigenvalue weighted by Gasteiger charge is -2.49. The number of phenolic OH excluding ortho intramolecular Hbond substituents is 1. The number of hydrogen-bond acceptors (Lipinski definition) is 2. The van der Waals surface area contributed by atoms with Gasteiger partial charge in [-0.25, -0.2) is 0 Å². The van der Waals surface area contributed by atoms with Crippen LogP contribution in [0.25, 0.3) is 0 Å². The van der Waals surface area contributed by atoms with E-state index in [1.807, 2.05) is 12.1 Å². The molecule has 2 nitrogen and oxygen atoms in total. The smallest absolute Gasteiger partial charge is 0.139 e. The summed E-state index contributed by atoms with van der Waals surface area (Å²) in [7, 11) is 0. The normalized spacial score (nSPS) is 36.6. The Morgan fingerprint density at radius 1 is 1.23 bits per heavy atom. The first-order valence-electron chi connectivity index (χ1n) is 9.01. The van der Waals surface area contributed by atoms with E-state index in [0.29, 0.717) is 29.3 Å². The van der Waals surface area contributed by atoms with Crippen LogP contribution in [-0.2, 0) is 11.2 Å². The molecule has 3 aliphatic carbocycles. The Morgan fingerprint density at radius 3 is 2.91 bits per heavy atom. The molecule has 4 unspecified atom stereocenters. The third-order valence-corrected chi connectivity index (χ3v) is 6.85. The Balaban J connectivity index is 1.70. The third-order valence-electron chi connectivity index (χ3n) is 6.85. The number of phenols is 1. The molecular formula is C20H26O2. The first-order valence-corrected chi connectivity index (χ1v) is 9.01. The number of fused-ring (bicyclic) bond motifs is 5. The number of rotatable bonds is 2. The van der Waals surface area contributed by atoms with Crippen molar-refractivity contribution in [3.63, 3.8) is 0 Å². The molecule has 4 atom stereocenters. The van der Waals surface area contributed by atoms with Gasteiger partial charge in [0, 0.05) is 11.8 Å². The molecule has 1 aromatic carbocycles. The van der Waals surface area contributed by atoms with Crippen LogP contribution in [0.5, 0.6) is 5.75 Å². The SMILES string of the molecule is CCCC12CCC3c4ccc(O)cc4CCC3C1CCC2=O. The van der Waals surface area contributed by atoms with Gasteiger partial charge in [-0.2, -0.15) is 0 Å². The van der Waals surface area contributed by atoms with Crippen molar-refractivity contribution >= 4 is 5.78 Å². The Hall–Kier alpha value is -1.31. The van der Waals surface area contributed by atoms with Crippen LogP contribution >= 0.6 is 0 Å². The van der Waals surface area contributed by atoms with E-state index in [2.05, 4.69) is 13.0 Å². The van der Waals surface area contributed by atoms with Gasteiger partial charge in [0.05, 0.1) is 0 Å². The number of aryl methyl sites for hydroxylation is 1. The van der Waals surface area contributed by atoms with E-state index in [1.54, 1.807) is 0 Å². The maximum absolute atomic E-state index is 12.7. The summed E-state index contributed by atoms with van der Waals surface area (Å²) in [6.07, 6.45) is 8.68. The molecule has 2 heteroatoms. The van der Waals surface area contributed by atoms with Gasteiger partial charge in [0.1, 0.15) is 11.5 Å².